The quantitative estimate of drug-likeness (QED) is 0.0680. The van der Waals surface area contributed by atoms with E-state index in [1.165, 1.54) is 19.9 Å². The van der Waals surface area contributed by atoms with Crippen LogP contribution in [0.25, 0.3) is 54.8 Å². The van der Waals surface area contributed by atoms with Gasteiger partial charge in [-0.1, -0.05) is 71.3 Å². The Morgan fingerprint density at radius 1 is 0.882 bits per heavy atom. The Labute approximate surface area is 310 Å². The Morgan fingerprint density at radius 2 is 1.55 bits per heavy atom. The standard InChI is InChI=1S/C29H21F3N3.C13H24O2.Ir/c1-16-15-33-27-26-24(16)20-12-11-17(14-28(2,3)29(30,31)32)13-23(20)34(26)22-10-6-8-19-18-7-4-5-9-21(18)35(27)25(19)22;1-5-10(6-2)12(14)9-13(15)11(7-3)8-4;/h4-8,10-13,15H,14H2,1-3H3;9-11,14H,5-8H2,1-4H3;/q-1;;/b;12-9-;. The molecule has 7 aromatic rings. The third-order valence-electron chi connectivity index (χ3n) is 10.6. The maximum Gasteiger partial charge on any atom is 0.394 e. The number of nitrogens with zero attached hydrogens (tertiary/aromatic N) is 3. The number of ketones is 1. The molecule has 4 heterocycles. The van der Waals surface area contributed by atoms with E-state index in [2.05, 4.69) is 33.1 Å². The number of aromatic nitrogens is 3. The van der Waals surface area contributed by atoms with Crippen LogP contribution in [0.2, 0.25) is 0 Å². The number of rotatable bonds is 9. The Balaban J connectivity index is 0.000000271. The van der Waals surface area contributed by atoms with Crippen LogP contribution in [0.1, 0.15) is 78.4 Å². The van der Waals surface area contributed by atoms with Crippen LogP contribution < -0.4 is 0 Å². The number of benzene rings is 3. The number of halogens is 3. The van der Waals surface area contributed by atoms with Crippen molar-refractivity contribution < 1.29 is 43.2 Å². The smallest absolute Gasteiger partial charge is 0.394 e. The van der Waals surface area contributed by atoms with Crippen LogP contribution in [0.3, 0.4) is 0 Å². The summed E-state index contributed by atoms with van der Waals surface area (Å²) < 4.78 is 45.3. The number of hydrogen-bond acceptors (Lipinski definition) is 3. The second-order valence-electron chi connectivity index (χ2n) is 14.2. The molecule has 9 heteroatoms. The van der Waals surface area contributed by atoms with E-state index >= 15 is 0 Å². The summed E-state index contributed by atoms with van der Waals surface area (Å²) in [6.45, 7) is 12.6. The molecule has 4 aromatic heterocycles. The van der Waals surface area contributed by atoms with Gasteiger partial charge in [0.25, 0.3) is 0 Å². The summed E-state index contributed by atoms with van der Waals surface area (Å²) in [5.41, 5.74) is 5.58. The molecular weight excluding hydrogens is 828 g/mol. The first-order valence-corrected chi connectivity index (χ1v) is 17.7. The third kappa shape index (κ3) is 6.53. The fraction of sp³-hybridized carbons (Fsp3) is 0.381. The molecule has 0 saturated carbocycles. The zero-order valence-corrected chi connectivity index (χ0v) is 32.6. The number of hydrogen-bond donors (Lipinski definition) is 1. The van der Waals surface area contributed by atoms with Crippen LogP contribution in [0.4, 0.5) is 13.2 Å². The van der Waals surface area contributed by atoms with Gasteiger partial charge in [-0.3, -0.25) is 4.79 Å². The van der Waals surface area contributed by atoms with Crippen LogP contribution in [0, 0.1) is 30.2 Å². The van der Waals surface area contributed by atoms with E-state index in [0.717, 1.165) is 86.0 Å². The summed E-state index contributed by atoms with van der Waals surface area (Å²) in [7, 11) is 0. The molecule has 5 nitrogen and oxygen atoms in total. The number of carbonyl (C=O) groups excluding carboxylic acids is 1. The molecule has 0 aliphatic carbocycles. The summed E-state index contributed by atoms with van der Waals surface area (Å²) in [5, 5.41) is 14.1. The van der Waals surface area contributed by atoms with Gasteiger partial charge >= 0.3 is 6.18 Å². The molecule has 0 aliphatic rings. The molecule has 0 saturated heterocycles. The minimum atomic E-state index is -4.28. The molecular formula is C42H45F3IrN3O2-. The molecule has 0 atom stereocenters. The first-order chi connectivity index (χ1) is 23.8. The van der Waals surface area contributed by atoms with Crippen molar-refractivity contribution in [3.8, 4) is 0 Å². The maximum atomic E-state index is 13.7. The molecule has 0 bridgehead atoms. The summed E-state index contributed by atoms with van der Waals surface area (Å²) >= 11 is 0. The van der Waals surface area contributed by atoms with E-state index in [-0.39, 0.29) is 49.9 Å². The number of aryl methyl sites for hydroxylation is 1. The van der Waals surface area contributed by atoms with E-state index in [0.29, 0.717) is 5.56 Å². The van der Waals surface area contributed by atoms with Gasteiger partial charge in [0.1, 0.15) is 0 Å². The number of carbonyl (C=O) groups is 1. The van der Waals surface area contributed by atoms with Gasteiger partial charge in [-0.15, -0.1) is 5.39 Å². The number of fused-ring (bicyclic) bond motifs is 8. The zero-order chi connectivity index (χ0) is 36.1. The molecule has 0 amide bonds. The van der Waals surface area contributed by atoms with Crippen molar-refractivity contribution in [2.75, 3.05) is 0 Å². The summed E-state index contributed by atoms with van der Waals surface area (Å²) in [5.74, 6) is 0.547. The van der Waals surface area contributed by atoms with Gasteiger partial charge in [-0.2, -0.15) is 37.4 Å². The first-order valence-electron chi connectivity index (χ1n) is 17.7. The van der Waals surface area contributed by atoms with Crippen molar-refractivity contribution in [3.63, 3.8) is 0 Å². The van der Waals surface area contributed by atoms with E-state index in [4.69, 9.17) is 4.98 Å². The summed E-state index contributed by atoms with van der Waals surface area (Å²) in [6, 6.07) is 21.3. The van der Waals surface area contributed by atoms with Crippen molar-refractivity contribution >= 4 is 60.6 Å². The van der Waals surface area contributed by atoms with E-state index < -0.39 is 11.6 Å². The summed E-state index contributed by atoms with van der Waals surface area (Å²) in [4.78, 5) is 16.6. The van der Waals surface area contributed by atoms with Crippen LogP contribution >= 0.6 is 0 Å². The van der Waals surface area contributed by atoms with E-state index in [1.807, 2.05) is 77.2 Å². The zero-order valence-electron chi connectivity index (χ0n) is 30.2. The topological polar surface area (TPSA) is 59.0 Å². The maximum absolute atomic E-state index is 13.7. The monoisotopic (exact) mass is 873 g/mol. The Morgan fingerprint density at radius 3 is 2.20 bits per heavy atom. The minimum absolute atomic E-state index is 0. The number of allylic oxidation sites excluding steroid dienone is 2. The predicted molar refractivity (Wildman–Crippen MR) is 198 cm³/mol. The molecule has 0 fully saturated rings. The van der Waals surface area contributed by atoms with Crippen molar-refractivity contribution in [1.29, 1.82) is 0 Å². The van der Waals surface area contributed by atoms with E-state index in [9.17, 15) is 23.1 Å². The fourth-order valence-corrected chi connectivity index (χ4v) is 7.46. The largest absolute Gasteiger partial charge is 0.512 e. The Kier molecular flexibility index (Phi) is 11.0. The third-order valence-corrected chi connectivity index (χ3v) is 10.6. The molecule has 271 valence electrons. The number of aliphatic hydroxyl groups excluding tert-OH is 1. The second kappa shape index (κ2) is 14.6. The minimum Gasteiger partial charge on any atom is -0.512 e. The van der Waals surface area contributed by atoms with Crippen LogP contribution in [-0.2, 0) is 31.3 Å². The van der Waals surface area contributed by atoms with Gasteiger partial charge in [-0.05, 0) is 67.7 Å². The molecule has 0 spiro atoms. The average molecular weight is 873 g/mol. The average Bonchev–Trinajstić information content (AvgIpc) is 3.60. The van der Waals surface area contributed by atoms with Gasteiger partial charge in [0.15, 0.2) is 11.4 Å². The molecule has 1 radical (unpaired) electrons. The van der Waals surface area contributed by atoms with Gasteiger partial charge in [0.2, 0.25) is 0 Å². The number of pyridine rings is 1. The van der Waals surface area contributed by atoms with Gasteiger partial charge in [0.05, 0.1) is 33.2 Å². The number of aliphatic hydroxyl groups is 1. The molecule has 1 N–H and O–H groups in total. The SMILES string of the molecule is CCC(CC)C(=O)/C=C(\O)C(CC)CC.Cc1cnc2c3c1c1ccc(CC(C)(C)C(F)(F)F)cc1n3c1cccc3c4ccc[c-]c4n2c31.[Ir]. The van der Waals surface area contributed by atoms with Crippen molar-refractivity contribution in [3.05, 3.63) is 89.8 Å². The summed E-state index contributed by atoms with van der Waals surface area (Å²) in [6.07, 6.45) is 2.43. The normalized spacial score (nSPS) is 13.0. The number of alkyl halides is 3. The van der Waals surface area contributed by atoms with Crippen LogP contribution in [0.15, 0.2) is 72.6 Å². The second-order valence-corrected chi connectivity index (χ2v) is 14.2. The van der Waals surface area contributed by atoms with Crippen molar-refractivity contribution in [1.82, 2.24) is 13.8 Å². The number of para-hydroxylation sites is 2. The molecule has 7 rings (SSSR count). The van der Waals surface area contributed by atoms with E-state index in [1.54, 1.807) is 0 Å². The molecule has 0 unspecified atom stereocenters. The van der Waals surface area contributed by atoms with Gasteiger partial charge in [-0.25, -0.2) is 4.98 Å². The fourth-order valence-electron chi connectivity index (χ4n) is 7.46. The molecule has 0 aliphatic heterocycles. The molecule has 51 heavy (non-hydrogen) atoms. The van der Waals surface area contributed by atoms with Crippen molar-refractivity contribution in [2.24, 2.45) is 17.3 Å². The van der Waals surface area contributed by atoms with Gasteiger partial charge < -0.3 is 13.9 Å². The van der Waals surface area contributed by atoms with Crippen LogP contribution in [-0.4, -0.2) is 30.9 Å². The van der Waals surface area contributed by atoms with Crippen LogP contribution in [0.5, 0.6) is 0 Å². The first kappa shape index (κ1) is 38.3. The Hall–Kier alpha value is -3.94. The molecule has 3 aromatic carbocycles. The predicted octanol–water partition coefficient (Wildman–Crippen LogP) is 11.7. The Bertz CT molecular complexity index is 2380. The van der Waals surface area contributed by atoms with Crippen molar-refractivity contribution in [2.45, 2.75) is 86.7 Å². The van der Waals surface area contributed by atoms with Gasteiger partial charge in [0, 0.05) is 55.0 Å².